The van der Waals surface area contributed by atoms with Crippen LogP contribution in [0.2, 0.25) is 0 Å². The second kappa shape index (κ2) is 5.42. The van der Waals surface area contributed by atoms with Crippen LogP contribution in [0.4, 0.5) is 5.69 Å². The first-order valence-electron chi connectivity index (χ1n) is 5.46. The molecule has 0 saturated carbocycles. The maximum absolute atomic E-state index is 11.5. The summed E-state index contributed by atoms with van der Waals surface area (Å²) in [4.78, 5) is 25.9. The Morgan fingerprint density at radius 3 is 2.72 bits per heavy atom. The second-order valence-electron chi connectivity index (χ2n) is 4.26. The number of nitrogens with zero attached hydrogens (tertiary/aromatic N) is 1. The fraction of sp³-hybridized carbons (Fsp3) is 0.333. The highest BCUT2D eigenvalue weighted by molar-refractivity contribution is 9.10. The van der Waals surface area contributed by atoms with Crippen molar-refractivity contribution in [2.24, 2.45) is 0 Å². The van der Waals surface area contributed by atoms with Crippen LogP contribution in [0, 0.1) is 0 Å². The largest absolute Gasteiger partial charge is 0.318 e. The number of carbonyl (C=O) groups is 2. The van der Waals surface area contributed by atoms with Crippen LogP contribution in [-0.4, -0.2) is 43.0 Å². The van der Waals surface area contributed by atoms with E-state index in [1.807, 2.05) is 20.2 Å². The summed E-state index contributed by atoms with van der Waals surface area (Å²) >= 11 is 5.13. The molecule has 18 heavy (non-hydrogen) atoms. The molecule has 0 aliphatic carbocycles. The molecule has 0 aromatic heterocycles. The molecule has 0 unspecified atom stereocenters. The molecular weight excluding hydrogens is 316 g/mol. The van der Waals surface area contributed by atoms with Crippen molar-refractivity contribution in [3.63, 3.8) is 0 Å². The summed E-state index contributed by atoms with van der Waals surface area (Å²) in [6.45, 7) is 0.972. The normalized spacial score (nSPS) is 14.0. The zero-order chi connectivity index (χ0) is 13.3. The van der Waals surface area contributed by atoms with E-state index in [2.05, 4.69) is 26.1 Å². The highest BCUT2D eigenvalue weighted by atomic mass is 79.9. The number of hydrogen-bond donors (Lipinski definition) is 1. The van der Waals surface area contributed by atoms with Crippen LogP contribution in [0.3, 0.4) is 0 Å². The maximum Gasteiger partial charge on any atom is 0.296 e. The number of hydrogen-bond acceptors (Lipinski definition) is 4. The molecule has 0 atom stereocenters. The van der Waals surface area contributed by atoms with Gasteiger partial charge in [-0.2, -0.15) is 0 Å². The minimum absolute atomic E-state index is 0.448. The Labute approximate surface area is 118 Å². The number of rotatable bonds is 4. The number of halogens is 1. The van der Waals surface area contributed by atoms with Gasteiger partial charge in [-0.05, 0) is 42.2 Å². The van der Waals surface area contributed by atoms with Crippen LogP contribution in [0.1, 0.15) is 10.4 Å². The van der Waals surface area contributed by atoms with Gasteiger partial charge in [-0.15, -0.1) is 11.8 Å². The third kappa shape index (κ3) is 2.76. The molecule has 1 aliphatic heterocycles. The Kier molecular flexibility index (Phi) is 4.09. The van der Waals surface area contributed by atoms with Gasteiger partial charge >= 0.3 is 0 Å². The third-order valence-electron chi connectivity index (χ3n) is 2.57. The van der Waals surface area contributed by atoms with Crippen LogP contribution < -0.4 is 5.32 Å². The lowest BCUT2D eigenvalue weighted by molar-refractivity contribution is -0.112. The van der Waals surface area contributed by atoms with E-state index < -0.39 is 11.7 Å². The summed E-state index contributed by atoms with van der Waals surface area (Å²) in [6.07, 6.45) is 0. The number of Topliss-reactive ketones (excluding diaryl/α,β-unsaturated/α-hetero) is 1. The molecule has 1 aliphatic rings. The minimum Gasteiger partial charge on any atom is -0.318 e. The predicted molar refractivity (Wildman–Crippen MR) is 76.4 cm³/mol. The van der Waals surface area contributed by atoms with Crippen LogP contribution >= 0.6 is 27.7 Å². The Bertz CT molecular complexity index is 517. The highest BCUT2D eigenvalue weighted by Crippen LogP contribution is 2.35. The van der Waals surface area contributed by atoms with E-state index in [0.717, 1.165) is 21.7 Å². The Morgan fingerprint density at radius 2 is 2.06 bits per heavy atom. The van der Waals surface area contributed by atoms with E-state index in [1.165, 1.54) is 0 Å². The Morgan fingerprint density at radius 1 is 1.33 bits per heavy atom. The predicted octanol–water partition coefficient (Wildman–Crippen LogP) is 2.24. The van der Waals surface area contributed by atoms with Crippen molar-refractivity contribution < 1.29 is 9.59 Å². The molecular formula is C12H13BrN2O2S. The van der Waals surface area contributed by atoms with Crippen molar-refractivity contribution in [3.8, 4) is 0 Å². The lowest BCUT2D eigenvalue weighted by Gasteiger charge is -2.10. The third-order valence-corrected chi connectivity index (χ3v) is 4.52. The maximum atomic E-state index is 11.5. The van der Waals surface area contributed by atoms with Crippen LogP contribution in [0.25, 0.3) is 0 Å². The lowest BCUT2D eigenvalue weighted by Crippen LogP contribution is -2.14. The number of carbonyl (C=O) groups excluding carboxylic acids is 2. The van der Waals surface area contributed by atoms with Gasteiger partial charge in [0, 0.05) is 21.7 Å². The van der Waals surface area contributed by atoms with E-state index >= 15 is 0 Å². The molecule has 0 radical (unpaired) electrons. The number of anilines is 1. The van der Waals surface area contributed by atoms with E-state index in [1.54, 1.807) is 17.8 Å². The number of nitrogens with one attached hydrogen (secondary N) is 1. The molecule has 0 saturated heterocycles. The van der Waals surface area contributed by atoms with Gasteiger partial charge in [0.05, 0.1) is 11.3 Å². The number of ketones is 1. The lowest BCUT2D eigenvalue weighted by atomic mass is 10.1. The molecule has 6 heteroatoms. The first-order valence-corrected chi connectivity index (χ1v) is 7.23. The average molecular weight is 329 g/mol. The van der Waals surface area contributed by atoms with Crippen molar-refractivity contribution in [2.45, 2.75) is 4.90 Å². The summed E-state index contributed by atoms with van der Waals surface area (Å²) in [6, 6.07) is 3.57. The van der Waals surface area contributed by atoms with Gasteiger partial charge in [-0.25, -0.2) is 0 Å². The molecule has 4 nitrogen and oxygen atoms in total. The Hall–Kier alpha value is -0.850. The van der Waals surface area contributed by atoms with Gasteiger partial charge in [0.25, 0.3) is 11.7 Å². The van der Waals surface area contributed by atoms with E-state index in [9.17, 15) is 9.59 Å². The summed E-state index contributed by atoms with van der Waals surface area (Å²) in [7, 11) is 4.05. The number of amides is 1. The topological polar surface area (TPSA) is 49.4 Å². The molecule has 1 amide bonds. The molecule has 1 aromatic carbocycles. The van der Waals surface area contributed by atoms with Crippen molar-refractivity contribution in [1.29, 1.82) is 0 Å². The number of thioether (sulfide) groups is 1. The number of benzene rings is 1. The summed E-state index contributed by atoms with van der Waals surface area (Å²) in [5.41, 5.74) is 1.06. The molecule has 0 fully saturated rings. The van der Waals surface area contributed by atoms with E-state index in [-0.39, 0.29) is 0 Å². The summed E-state index contributed by atoms with van der Waals surface area (Å²) < 4.78 is 0.856. The van der Waals surface area contributed by atoms with Gasteiger partial charge in [0.2, 0.25) is 0 Å². The van der Waals surface area contributed by atoms with Crippen LogP contribution in [0.15, 0.2) is 21.5 Å². The minimum atomic E-state index is -0.549. The van der Waals surface area contributed by atoms with E-state index in [0.29, 0.717) is 11.3 Å². The van der Waals surface area contributed by atoms with Crippen LogP contribution in [0.5, 0.6) is 0 Å². The van der Waals surface area contributed by atoms with E-state index in [4.69, 9.17) is 0 Å². The van der Waals surface area contributed by atoms with Gasteiger partial charge in [-0.1, -0.05) is 0 Å². The first kappa shape index (κ1) is 13.6. The fourth-order valence-corrected chi connectivity index (χ4v) is 3.36. The quantitative estimate of drug-likeness (QED) is 0.680. The molecule has 1 aromatic rings. The standard InChI is InChI=1S/C12H13BrN2O2S/c1-15(2)3-4-18-10-6-9-7(5-8(10)13)11(16)12(17)14-9/h5-6H,3-4H2,1-2H3,(H,14,16,17). The van der Waals surface area contributed by atoms with Gasteiger partial charge in [0.1, 0.15) is 0 Å². The van der Waals surface area contributed by atoms with Crippen molar-refractivity contribution >= 4 is 45.1 Å². The molecule has 2 rings (SSSR count). The smallest absolute Gasteiger partial charge is 0.296 e. The number of fused-ring (bicyclic) bond motifs is 1. The summed E-state index contributed by atoms with van der Waals surface area (Å²) in [5.74, 6) is -0.0605. The zero-order valence-corrected chi connectivity index (χ0v) is 12.5. The fourth-order valence-electron chi connectivity index (χ4n) is 1.59. The second-order valence-corrected chi connectivity index (χ2v) is 6.25. The molecule has 96 valence electrons. The average Bonchev–Trinajstić information content (AvgIpc) is 2.55. The summed E-state index contributed by atoms with van der Waals surface area (Å²) in [5, 5.41) is 2.58. The molecule has 1 heterocycles. The van der Waals surface area contributed by atoms with Crippen molar-refractivity contribution in [1.82, 2.24) is 4.90 Å². The van der Waals surface area contributed by atoms with Gasteiger partial charge in [-0.3, -0.25) is 9.59 Å². The van der Waals surface area contributed by atoms with Crippen molar-refractivity contribution in [3.05, 3.63) is 22.2 Å². The van der Waals surface area contributed by atoms with Gasteiger partial charge < -0.3 is 10.2 Å². The van der Waals surface area contributed by atoms with Crippen molar-refractivity contribution in [2.75, 3.05) is 31.7 Å². The molecule has 1 N–H and O–H groups in total. The Balaban J connectivity index is 2.17. The first-order chi connectivity index (χ1) is 8.49. The SMILES string of the molecule is CN(C)CCSc1cc2c(cc1Br)C(=O)C(=O)N2. The highest BCUT2D eigenvalue weighted by Gasteiger charge is 2.28. The van der Waals surface area contributed by atoms with Crippen LogP contribution in [-0.2, 0) is 4.79 Å². The monoisotopic (exact) mass is 328 g/mol. The molecule has 0 spiro atoms. The zero-order valence-electron chi connectivity index (χ0n) is 10.1. The van der Waals surface area contributed by atoms with Gasteiger partial charge in [0.15, 0.2) is 0 Å². The molecule has 0 bridgehead atoms.